The van der Waals surface area contributed by atoms with E-state index in [4.69, 9.17) is 0 Å². The van der Waals surface area contributed by atoms with E-state index in [9.17, 15) is 13.2 Å². The Morgan fingerprint density at radius 2 is 1.83 bits per heavy atom. The third-order valence-corrected chi connectivity index (χ3v) is 4.30. The van der Waals surface area contributed by atoms with Gasteiger partial charge in [-0.15, -0.1) is 0 Å². The molecule has 1 amide bonds. The zero-order chi connectivity index (χ0) is 14.1. The topological polar surface area (TPSA) is 63.2 Å². The predicted octanol–water partition coefficient (Wildman–Crippen LogP) is 2.68. The first kappa shape index (κ1) is 15.4. The Bertz CT molecular complexity index is 573. The minimum Gasteiger partial charge on any atom is -0.325 e. The van der Waals surface area contributed by atoms with Crippen molar-refractivity contribution in [1.29, 1.82) is 0 Å². The lowest BCUT2D eigenvalue weighted by molar-refractivity contribution is -0.123. The maximum absolute atomic E-state index is 11.8. The number of carbonyl (C=O) groups excluding carboxylic acids is 1. The Kier molecular flexibility index (Phi) is 4.42. The molecule has 0 heterocycles. The molecule has 0 bridgehead atoms. The van der Waals surface area contributed by atoms with Crippen LogP contribution >= 0.6 is 22.6 Å². The Labute approximate surface area is 121 Å². The number of nitrogens with one attached hydrogen (secondary N) is 1. The van der Waals surface area contributed by atoms with Crippen LogP contribution in [-0.4, -0.2) is 20.6 Å². The van der Waals surface area contributed by atoms with Gasteiger partial charge in [-0.2, -0.15) is 0 Å². The van der Waals surface area contributed by atoms with Crippen LogP contribution in [0.2, 0.25) is 0 Å². The molecule has 0 spiro atoms. The fourth-order valence-electron chi connectivity index (χ4n) is 1.14. The van der Waals surface area contributed by atoms with Crippen molar-refractivity contribution in [3.05, 3.63) is 21.8 Å². The minimum atomic E-state index is -3.22. The molecule has 1 N–H and O–H groups in total. The normalized spacial score (nSPS) is 12.3. The van der Waals surface area contributed by atoms with Crippen LogP contribution in [0.5, 0.6) is 0 Å². The van der Waals surface area contributed by atoms with Crippen LogP contribution in [-0.2, 0) is 14.6 Å². The number of hydrogen-bond donors (Lipinski definition) is 1. The van der Waals surface area contributed by atoms with Crippen molar-refractivity contribution in [2.75, 3.05) is 11.6 Å². The average molecular weight is 381 g/mol. The molecule has 0 aliphatic carbocycles. The largest absolute Gasteiger partial charge is 0.325 e. The molecule has 0 aromatic heterocycles. The quantitative estimate of drug-likeness (QED) is 0.802. The highest BCUT2D eigenvalue weighted by Crippen LogP contribution is 2.24. The monoisotopic (exact) mass is 381 g/mol. The number of carbonyl (C=O) groups is 1. The van der Waals surface area contributed by atoms with Crippen molar-refractivity contribution in [2.45, 2.75) is 25.7 Å². The summed E-state index contributed by atoms with van der Waals surface area (Å²) in [6.45, 7) is 5.46. The highest BCUT2D eigenvalue weighted by atomic mass is 127. The number of anilines is 1. The van der Waals surface area contributed by atoms with E-state index in [1.165, 1.54) is 6.07 Å². The molecule has 4 nitrogen and oxygen atoms in total. The summed E-state index contributed by atoms with van der Waals surface area (Å²) in [5, 5.41) is 2.79. The van der Waals surface area contributed by atoms with Gasteiger partial charge < -0.3 is 5.32 Å². The fraction of sp³-hybridized carbons (Fsp3) is 0.417. The van der Waals surface area contributed by atoms with Crippen LogP contribution < -0.4 is 5.32 Å². The summed E-state index contributed by atoms with van der Waals surface area (Å²) in [4.78, 5) is 12.1. The summed E-state index contributed by atoms with van der Waals surface area (Å²) in [5.74, 6) is -0.104. The molecule has 0 aliphatic rings. The fourth-order valence-corrected chi connectivity index (χ4v) is 2.65. The van der Waals surface area contributed by atoms with Crippen LogP contribution in [0, 0.1) is 8.99 Å². The molecule has 0 fully saturated rings. The highest BCUT2D eigenvalue weighted by Gasteiger charge is 2.22. The van der Waals surface area contributed by atoms with Gasteiger partial charge in [0, 0.05) is 15.2 Å². The van der Waals surface area contributed by atoms with Gasteiger partial charge in [0.15, 0.2) is 9.84 Å². The third kappa shape index (κ3) is 3.94. The van der Waals surface area contributed by atoms with E-state index in [2.05, 4.69) is 5.32 Å². The van der Waals surface area contributed by atoms with E-state index in [0.717, 1.165) is 6.26 Å². The lowest BCUT2D eigenvalue weighted by Gasteiger charge is -2.18. The van der Waals surface area contributed by atoms with Crippen molar-refractivity contribution in [2.24, 2.45) is 5.41 Å². The number of amides is 1. The van der Waals surface area contributed by atoms with Crippen molar-refractivity contribution < 1.29 is 13.2 Å². The predicted molar refractivity (Wildman–Crippen MR) is 80.4 cm³/mol. The van der Waals surface area contributed by atoms with Gasteiger partial charge in [-0.25, -0.2) is 8.42 Å². The standard InChI is InChI=1S/C12H16INO3S/c1-12(2,3)11(15)14-10-6-5-8(7-9(10)13)18(4,16)17/h5-7H,1-4H3,(H,14,15). The van der Waals surface area contributed by atoms with E-state index in [-0.39, 0.29) is 10.8 Å². The van der Waals surface area contributed by atoms with Crippen molar-refractivity contribution in [1.82, 2.24) is 0 Å². The summed E-state index contributed by atoms with van der Waals surface area (Å²) >= 11 is 2.01. The second-order valence-electron chi connectivity index (χ2n) is 5.12. The number of sulfone groups is 1. The zero-order valence-electron chi connectivity index (χ0n) is 10.7. The van der Waals surface area contributed by atoms with Gasteiger partial charge in [-0.1, -0.05) is 20.8 Å². The van der Waals surface area contributed by atoms with Gasteiger partial charge in [-0.3, -0.25) is 4.79 Å². The summed E-state index contributed by atoms with van der Waals surface area (Å²) in [6, 6.07) is 4.66. The molecular formula is C12H16INO3S. The Balaban J connectivity index is 3.05. The Morgan fingerprint density at radius 3 is 2.22 bits per heavy atom. The zero-order valence-corrected chi connectivity index (χ0v) is 13.7. The Morgan fingerprint density at radius 1 is 1.28 bits per heavy atom. The number of hydrogen-bond acceptors (Lipinski definition) is 3. The molecular weight excluding hydrogens is 365 g/mol. The molecule has 100 valence electrons. The van der Waals surface area contributed by atoms with Crippen LogP contribution in [0.25, 0.3) is 0 Å². The van der Waals surface area contributed by atoms with Gasteiger partial charge in [0.2, 0.25) is 5.91 Å². The first-order chi connectivity index (χ1) is 8.01. The maximum atomic E-state index is 11.8. The molecule has 0 unspecified atom stereocenters. The van der Waals surface area contributed by atoms with Crippen LogP contribution in [0.3, 0.4) is 0 Å². The molecule has 0 saturated carbocycles. The second kappa shape index (κ2) is 5.16. The molecule has 0 atom stereocenters. The van der Waals surface area contributed by atoms with Gasteiger partial charge in [-0.05, 0) is 40.8 Å². The molecule has 18 heavy (non-hydrogen) atoms. The summed E-state index contributed by atoms with van der Waals surface area (Å²) < 4.78 is 23.5. The van der Waals surface area contributed by atoms with Crippen molar-refractivity contribution in [3.63, 3.8) is 0 Å². The van der Waals surface area contributed by atoms with Crippen molar-refractivity contribution >= 4 is 44.0 Å². The van der Waals surface area contributed by atoms with E-state index >= 15 is 0 Å². The lowest BCUT2D eigenvalue weighted by atomic mass is 9.95. The summed E-state index contributed by atoms with van der Waals surface area (Å²) in [5.41, 5.74) is 0.140. The van der Waals surface area contributed by atoms with Crippen molar-refractivity contribution in [3.8, 4) is 0 Å². The van der Waals surface area contributed by atoms with Crippen LogP contribution in [0.15, 0.2) is 23.1 Å². The third-order valence-electron chi connectivity index (χ3n) is 2.30. The average Bonchev–Trinajstić information content (AvgIpc) is 2.17. The smallest absolute Gasteiger partial charge is 0.229 e. The minimum absolute atomic E-state index is 0.104. The molecule has 1 rings (SSSR count). The summed E-state index contributed by atoms with van der Waals surface area (Å²) in [6.07, 6.45) is 1.16. The van der Waals surface area contributed by atoms with Gasteiger partial charge in [0.05, 0.1) is 10.6 Å². The van der Waals surface area contributed by atoms with E-state index in [1.807, 2.05) is 43.4 Å². The number of benzene rings is 1. The second-order valence-corrected chi connectivity index (χ2v) is 8.30. The Hall–Kier alpha value is -0.630. The molecule has 0 radical (unpaired) electrons. The maximum Gasteiger partial charge on any atom is 0.229 e. The summed E-state index contributed by atoms with van der Waals surface area (Å²) in [7, 11) is -3.22. The highest BCUT2D eigenvalue weighted by molar-refractivity contribution is 14.1. The van der Waals surface area contributed by atoms with E-state index in [1.54, 1.807) is 12.1 Å². The molecule has 0 saturated heterocycles. The van der Waals surface area contributed by atoms with E-state index < -0.39 is 15.3 Å². The van der Waals surface area contributed by atoms with Gasteiger partial charge in [0.25, 0.3) is 0 Å². The van der Waals surface area contributed by atoms with Gasteiger partial charge >= 0.3 is 0 Å². The van der Waals surface area contributed by atoms with Gasteiger partial charge in [0.1, 0.15) is 0 Å². The van der Waals surface area contributed by atoms with Crippen LogP contribution in [0.1, 0.15) is 20.8 Å². The number of halogens is 1. The SMILES string of the molecule is CC(C)(C)C(=O)Nc1ccc(S(C)(=O)=O)cc1I. The molecule has 6 heteroatoms. The number of rotatable bonds is 2. The van der Waals surface area contributed by atoms with Crippen LogP contribution in [0.4, 0.5) is 5.69 Å². The molecule has 1 aromatic rings. The molecule has 1 aromatic carbocycles. The first-order valence-electron chi connectivity index (χ1n) is 5.33. The first-order valence-corrected chi connectivity index (χ1v) is 8.30. The lowest BCUT2D eigenvalue weighted by Crippen LogP contribution is -2.28. The van der Waals surface area contributed by atoms with E-state index in [0.29, 0.717) is 9.26 Å². The molecule has 0 aliphatic heterocycles.